The lowest BCUT2D eigenvalue weighted by atomic mass is 10.2. The Bertz CT molecular complexity index is 1000. The summed E-state index contributed by atoms with van der Waals surface area (Å²) >= 11 is 0. The van der Waals surface area contributed by atoms with Gasteiger partial charge in [0, 0.05) is 25.6 Å². The molecule has 10 heteroatoms. The third-order valence-electron chi connectivity index (χ3n) is 3.92. The Kier molecular flexibility index (Phi) is 6.94. The number of carbonyl (C=O) groups is 3. The van der Waals surface area contributed by atoms with E-state index in [0.29, 0.717) is 5.69 Å². The number of aromatic carboxylic acids is 1. The van der Waals surface area contributed by atoms with Gasteiger partial charge in [-0.25, -0.2) is 13.2 Å². The third-order valence-corrected chi connectivity index (χ3v) is 5.76. The molecule has 154 valence electrons. The first-order valence-electron chi connectivity index (χ1n) is 8.57. The highest BCUT2D eigenvalue weighted by Crippen LogP contribution is 2.26. The van der Waals surface area contributed by atoms with Crippen LogP contribution in [-0.2, 0) is 19.6 Å². The number of nitrogens with one attached hydrogen (secondary N) is 1. The minimum atomic E-state index is -4.05. The van der Waals surface area contributed by atoms with Crippen LogP contribution in [0.15, 0.2) is 53.4 Å². The van der Waals surface area contributed by atoms with Crippen molar-refractivity contribution in [3.63, 3.8) is 0 Å². The molecule has 2 aromatic rings. The lowest BCUT2D eigenvalue weighted by Gasteiger charge is -2.24. The summed E-state index contributed by atoms with van der Waals surface area (Å²) in [4.78, 5) is 32.9. The maximum Gasteiger partial charge on any atom is 0.335 e. The quantitative estimate of drug-likeness (QED) is 0.565. The minimum Gasteiger partial charge on any atom is -0.481 e. The van der Waals surface area contributed by atoms with E-state index in [9.17, 15) is 22.8 Å². The van der Waals surface area contributed by atoms with Gasteiger partial charge >= 0.3 is 11.9 Å². The normalized spacial score (nSPS) is 10.9. The van der Waals surface area contributed by atoms with Crippen LogP contribution < -0.4 is 9.62 Å². The van der Waals surface area contributed by atoms with Gasteiger partial charge in [-0.3, -0.25) is 13.9 Å². The third kappa shape index (κ3) is 5.79. The SMILES string of the molecule is CC(=O)Nc1ccc(S(=O)(=O)N(CCCC(=O)O)c2ccc(C(=O)O)cc2)cc1. The van der Waals surface area contributed by atoms with E-state index >= 15 is 0 Å². The van der Waals surface area contributed by atoms with Crippen molar-refractivity contribution in [1.29, 1.82) is 0 Å². The van der Waals surface area contributed by atoms with E-state index < -0.39 is 22.0 Å². The molecule has 2 aromatic carbocycles. The number of hydrogen-bond donors (Lipinski definition) is 3. The highest BCUT2D eigenvalue weighted by molar-refractivity contribution is 7.92. The predicted octanol–water partition coefficient (Wildman–Crippen LogP) is 2.40. The second-order valence-electron chi connectivity index (χ2n) is 6.13. The number of hydrogen-bond acceptors (Lipinski definition) is 5. The summed E-state index contributed by atoms with van der Waals surface area (Å²) in [6, 6.07) is 10.8. The summed E-state index contributed by atoms with van der Waals surface area (Å²) in [5.74, 6) is -2.50. The van der Waals surface area contributed by atoms with Crippen LogP contribution in [0.4, 0.5) is 11.4 Å². The molecule has 2 rings (SSSR count). The second-order valence-corrected chi connectivity index (χ2v) is 7.99. The molecule has 0 radical (unpaired) electrons. The van der Waals surface area contributed by atoms with Gasteiger partial charge < -0.3 is 15.5 Å². The van der Waals surface area contributed by atoms with Gasteiger partial charge in [0.15, 0.2) is 0 Å². The molecule has 3 N–H and O–H groups in total. The summed E-state index contributed by atoms with van der Waals surface area (Å²) in [7, 11) is -4.05. The number of carboxylic acid groups (broad SMARTS) is 2. The summed E-state index contributed by atoms with van der Waals surface area (Å²) in [5.41, 5.74) is 0.641. The lowest BCUT2D eigenvalue weighted by molar-refractivity contribution is -0.137. The number of anilines is 2. The van der Waals surface area contributed by atoms with E-state index in [1.54, 1.807) is 0 Å². The number of aliphatic carboxylic acids is 1. The Morgan fingerprint density at radius 1 is 0.966 bits per heavy atom. The summed E-state index contributed by atoms with van der Waals surface area (Å²) < 4.78 is 27.3. The lowest BCUT2D eigenvalue weighted by Crippen LogP contribution is -2.32. The van der Waals surface area contributed by atoms with Gasteiger partial charge in [-0.2, -0.15) is 0 Å². The zero-order valence-electron chi connectivity index (χ0n) is 15.5. The fraction of sp³-hybridized carbons (Fsp3) is 0.211. The van der Waals surface area contributed by atoms with E-state index in [1.807, 2.05) is 0 Å². The van der Waals surface area contributed by atoms with Crippen LogP contribution in [0.5, 0.6) is 0 Å². The minimum absolute atomic E-state index is 0.00343. The number of rotatable bonds is 9. The molecule has 0 spiro atoms. The predicted molar refractivity (Wildman–Crippen MR) is 106 cm³/mol. The fourth-order valence-corrected chi connectivity index (χ4v) is 4.08. The first-order chi connectivity index (χ1) is 13.6. The van der Waals surface area contributed by atoms with Crippen molar-refractivity contribution >= 4 is 39.2 Å². The van der Waals surface area contributed by atoms with Crippen molar-refractivity contribution in [1.82, 2.24) is 0 Å². The number of carbonyl (C=O) groups excluding carboxylic acids is 1. The first kappa shape index (κ1) is 21.9. The van der Waals surface area contributed by atoms with Crippen LogP contribution in [0.1, 0.15) is 30.1 Å². The fourth-order valence-electron chi connectivity index (χ4n) is 2.57. The summed E-state index contributed by atoms with van der Waals surface area (Å²) in [5, 5.41) is 20.4. The van der Waals surface area contributed by atoms with Crippen molar-refractivity contribution in [2.24, 2.45) is 0 Å². The number of carboxylic acids is 2. The van der Waals surface area contributed by atoms with E-state index in [-0.39, 0.29) is 41.4 Å². The van der Waals surface area contributed by atoms with Gasteiger partial charge in [-0.1, -0.05) is 0 Å². The molecule has 1 amide bonds. The van der Waals surface area contributed by atoms with Crippen LogP contribution >= 0.6 is 0 Å². The van der Waals surface area contributed by atoms with Gasteiger partial charge in [0.25, 0.3) is 10.0 Å². The summed E-state index contributed by atoms with van der Waals surface area (Å²) in [6.45, 7) is 1.23. The zero-order chi connectivity index (χ0) is 21.6. The van der Waals surface area contributed by atoms with Gasteiger partial charge in [-0.15, -0.1) is 0 Å². The molecular weight excluding hydrogens is 400 g/mol. The summed E-state index contributed by atoms with van der Waals surface area (Å²) in [6.07, 6.45) is -0.153. The Labute approximate surface area is 167 Å². The molecule has 0 unspecified atom stereocenters. The smallest absolute Gasteiger partial charge is 0.335 e. The molecule has 0 aliphatic heterocycles. The average Bonchev–Trinajstić information content (AvgIpc) is 2.65. The maximum absolute atomic E-state index is 13.1. The monoisotopic (exact) mass is 420 g/mol. The molecule has 0 heterocycles. The van der Waals surface area contributed by atoms with Crippen molar-refractivity contribution in [2.75, 3.05) is 16.2 Å². The Balaban J connectivity index is 2.38. The molecule has 9 nitrogen and oxygen atoms in total. The van der Waals surface area contributed by atoms with Crippen LogP contribution in [-0.4, -0.2) is 43.0 Å². The first-order valence-corrected chi connectivity index (χ1v) is 10.0. The molecule has 0 bridgehead atoms. The van der Waals surface area contributed by atoms with E-state index in [0.717, 1.165) is 4.31 Å². The number of nitrogens with zero attached hydrogens (tertiary/aromatic N) is 1. The molecule has 0 atom stereocenters. The van der Waals surface area contributed by atoms with Crippen molar-refractivity contribution < 1.29 is 33.0 Å². The molecule has 0 aromatic heterocycles. The van der Waals surface area contributed by atoms with E-state index in [4.69, 9.17) is 10.2 Å². The average molecular weight is 420 g/mol. The second kappa shape index (κ2) is 9.20. The van der Waals surface area contributed by atoms with Gasteiger partial charge in [0.05, 0.1) is 16.1 Å². The van der Waals surface area contributed by atoms with Crippen LogP contribution in [0.2, 0.25) is 0 Å². The largest absolute Gasteiger partial charge is 0.481 e. The Hall–Kier alpha value is -3.40. The standard InChI is InChI=1S/C19H20N2O7S/c1-13(22)20-15-6-10-17(11-7-15)29(27,28)21(12-2-3-18(23)24)16-8-4-14(5-9-16)19(25)26/h4-11H,2-3,12H2,1H3,(H,20,22)(H,23,24)(H,25,26). The molecule has 0 saturated heterocycles. The van der Waals surface area contributed by atoms with Crippen molar-refractivity contribution in [3.8, 4) is 0 Å². The van der Waals surface area contributed by atoms with Gasteiger partial charge in [0.2, 0.25) is 5.91 Å². The topological polar surface area (TPSA) is 141 Å². The number of sulfonamides is 1. The van der Waals surface area contributed by atoms with Gasteiger partial charge in [0.1, 0.15) is 0 Å². The maximum atomic E-state index is 13.1. The van der Waals surface area contributed by atoms with E-state index in [2.05, 4.69) is 5.32 Å². The molecular formula is C19H20N2O7S. The molecule has 0 fully saturated rings. The Morgan fingerprint density at radius 2 is 1.55 bits per heavy atom. The number of amides is 1. The van der Waals surface area contributed by atoms with Crippen molar-refractivity contribution in [2.45, 2.75) is 24.7 Å². The highest BCUT2D eigenvalue weighted by atomic mass is 32.2. The molecule has 0 aliphatic carbocycles. The van der Waals surface area contributed by atoms with Gasteiger partial charge in [-0.05, 0) is 55.0 Å². The molecule has 29 heavy (non-hydrogen) atoms. The zero-order valence-corrected chi connectivity index (χ0v) is 16.3. The molecule has 0 saturated carbocycles. The highest BCUT2D eigenvalue weighted by Gasteiger charge is 2.25. The van der Waals surface area contributed by atoms with E-state index in [1.165, 1.54) is 55.5 Å². The van der Waals surface area contributed by atoms with Crippen LogP contribution in [0.25, 0.3) is 0 Å². The molecule has 0 aliphatic rings. The van der Waals surface area contributed by atoms with Crippen LogP contribution in [0, 0.1) is 0 Å². The van der Waals surface area contributed by atoms with Crippen molar-refractivity contribution in [3.05, 3.63) is 54.1 Å². The number of benzene rings is 2. The Morgan fingerprint density at radius 3 is 2.03 bits per heavy atom. The van der Waals surface area contributed by atoms with Crippen LogP contribution in [0.3, 0.4) is 0 Å².